The van der Waals surface area contributed by atoms with Crippen molar-refractivity contribution < 1.29 is 14.4 Å². The summed E-state index contributed by atoms with van der Waals surface area (Å²) in [7, 11) is 0. The summed E-state index contributed by atoms with van der Waals surface area (Å²) in [6.45, 7) is 5.33. The lowest BCUT2D eigenvalue weighted by Gasteiger charge is -2.28. The topological polar surface area (TPSA) is 105 Å². The summed E-state index contributed by atoms with van der Waals surface area (Å²) in [5.41, 5.74) is 5.38. The molecular formula is C15H26N4O3S. The fourth-order valence-corrected chi connectivity index (χ4v) is 4.08. The lowest BCUT2D eigenvalue weighted by molar-refractivity contribution is -0.139. The molecule has 0 saturated carbocycles. The molecular weight excluding hydrogens is 316 g/mol. The summed E-state index contributed by atoms with van der Waals surface area (Å²) in [6, 6.07) is -0.831. The van der Waals surface area contributed by atoms with E-state index in [1.54, 1.807) is 0 Å². The van der Waals surface area contributed by atoms with Gasteiger partial charge in [0.15, 0.2) is 5.37 Å². The van der Waals surface area contributed by atoms with E-state index in [-0.39, 0.29) is 23.8 Å². The van der Waals surface area contributed by atoms with E-state index in [9.17, 15) is 14.4 Å². The van der Waals surface area contributed by atoms with Gasteiger partial charge < -0.3 is 21.3 Å². The average molecular weight is 342 g/mol. The molecule has 8 heteroatoms. The average Bonchev–Trinajstić information content (AvgIpc) is 3.16. The molecule has 0 unspecified atom stereocenters. The monoisotopic (exact) mass is 342 g/mol. The summed E-state index contributed by atoms with van der Waals surface area (Å²) in [5.74, 6) is 0.0881. The van der Waals surface area contributed by atoms with E-state index < -0.39 is 17.3 Å². The first kappa shape index (κ1) is 18.1. The van der Waals surface area contributed by atoms with Gasteiger partial charge in [0, 0.05) is 12.3 Å². The Bertz CT molecular complexity index is 466. The van der Waals surface area contributed by atoms with E-state index in [1.807, 2.05) is 13.8 Å². The van der Waals surface area contributed by atoms with Crippen LogP contribution in [0.3, 0.4) is 0 Å². The van der Waals surface area contributed by atoms with Crippen LogP contribution in [-0.4, -0.2) is 58.9 Å². The zero-order valence-electron chi connectivity index (χ0n) is 13.7. The number of nitrogens with two attached hydrogens (primary N) is 1. The Balaban J connectivity index is 2.05. The van der Waals surface area contributed by atoms with Crippen molar-refractivity contribution in [2.24, 2.45) is 11.7 Å². The molecule has 2 aliphatic rings. The molecule has 2 rings (SSSR count). The van der Waals surface area contributed by atoms with Crippen LogP contribution in [0.2, 0.25) is 0 Å². The molecule has 130 valence electrons. The largest absolute Gasteiger partial charge is 0.367 e. The highest BCUT2D eigenvalue weighted by atomic mass is 32.2. The normalized spacial score (nSPS) is 25.6. The summed E-state index contributed by atoms with van der Waals surface area (Å²) >= 11 is 1.37. The molecule has 0 radical (unpaired) electrons. The number of nitrogens with one attached hydrogen (secondary N) is 2. The number of hydrogen-bond acceptors (Lipinski definition) is 5. The van der Waals surface area contributed by atoms with Crippen molar-refractivity contribution in [1.82, 2.24) is 15.5 Å². The molecule has 2 saturated heterocycles. The summed E-state index contributed by atoms with van der Waals surface area (Å²) in [6.07, 6.45) is 2.30. The molecule has 0 aromatic carbocycles. The van der Waals surface area contributed by atoms with Crippen LogP contribution in [0.25, 0.3) is 0 Å². The molecule has 2 aliphatic heterocycles. The van der Waals surface area contributed by atoms with Gasteiger partial charge in [-0.05, 0) is 31.7 Å². The van der Waals surface area contributed by atoms with Crippen molar-refractivity contribution in [3.8, 4) is 0 Å². The van der Waals surface area contributed by atoms with Crippen LogP contribution in [0.4, 0.5) is 0 Å². The smallest absolute Gasteiger partial charge is 0.250 e. The van der Waals surface area contributed by atoms with Crippen LogP contribution in [0, 0.1) is 5.92 Å². The van der Waals surface area contributed by atoms with Crippen LogP contribution in [-0.2, 0) is 14.4 Å². The second kappa shape index (κ2) is 8.01. The lowest BCUT2D eigenvalue weighted by atomic mass is 10.0. The van der Waals surface area contributed by atoms with E-state index in [4.69, 9.17) is 5.73 Å². The van der Waals surface area contributed by atoms with Gasteiger partial charge in [-0.1, -0.05) is 13.8 Å². The Kier molecular flexibility index (Phi) is 6.29. The SMILES string of the molecule is CC(C)C[C@H](NC(=O)[C@@H]1CCCN1)C(=O)N1CCS[C@H]1C(N)=O. The predicted octanol–water partition coefficient (Wildman–Crippen LogP) is -0.344. The van der Waals surface area contributed by atoms with Crippen molar-refractivity contribution in [2.75, 3.05) is 18.8 Å². The summed E-state index contributed by atoms with van der Waals surface area (Å²) in [5, 5.41) is 5.38. The van der Waals surface area contributed by atoms with Crippen LogP contribution in [0.5, 0.6) is 0 Å². The third-order valence-corrected chi connectivity index (χ3v) is 5.34. The van der Waals surface area contributed by atoms with Gasteiger partial charge in [-0.3, -0.25) is 14.4 Å². The number of carbonyl (C=O) groups excluding carboxylic acids is 3. The third-order valence-electron chi connectivity index (χ3n) is 4.12. The molecule has 2 heterocycles. The number of rotatable bonds is 6. The number of nitrogens with zero attached hydrogens (tertiary/aromatic N) is 1. The van der Waals surface area contributed by atoms with Crippen LogP contribution >= 0.6 is 11.8 Å². The molecule has 23 heavy (non-hydrogen) atoms. The van der Waals surface area contributed by atoms with Gasteiger partial charge in [0.25, 0.3) is 5.91 Å². The highest BCUT2D eigenvalue weighted by molar-refractivity contribution is 8.00. The van der Waals surface area contributed by atoms with Gasteiger partial charge in [-0.2, -0.15) is 0 Å². The maximum absolute atomic E-state index is 12.8. The fourth-order valence-electron chi connectivity index (χ4n) is 3.01. The minimum atomic E-state index is -0.626. The van der Waals surface area contributed by atoms with Crippen molar-refractivity contribution in [1.29, 1.82) is 0 Å². The molecule has 0 aromatic heterocycles. The van der Waals surface area contributed by atoms with E-state index in [0.29, 0.717) is 18.7 Å². The quantitative estimate of drug-likeness (QED) is 0.612. The zero-order valence-corrected chi connectivity index (χ0v) is 14.5. The minimum absolute atomic E-state index is 0.135. The molecule has 2 fully saturated rings. The third kappa shape index (κ3) is 4.60. The van der Waals surface area contributed by atoms with Crippen LogP contribution in [0.15, 0.2) is 0 Å². The Labute approximate surface area is 141 Å². The Morgan fingerprint density at radius 3 is 2.70 bits per heavy atom. The fraction of sp³-hybridized carbons (Fsp3) is 0.800. The minimum Gasteiger partial charge on any atom is -0.367 e. The van der Waals surface area contributed by atoms with Gasteiger partial charge in [0.2, 0.25) is 11.8 Å². The first-order valence-electron chi connectivity index (χ1n) is 8.15. The first-order valence-corrected chi connectivity index (χ1v) is 9.20. The predicted molar refractivity (Wildman–Crippen MR) is 89.6 cm³/mol. The molecule has 0 spiro atoms. The van der Waals surface area contributed by atoms with E-state index >= 15 is 0 Å². The van der Waals surface area contributed by atoms with Gasteiger partial charge >= 0.3 is 0 Å². The highest BCUT2D eigenvalue weighted by Crippen LogP contribution is 2.25. The highest BCUT2D eigenvalue weighted by Gasteiger charge is 2.38. The Hall–Kier alpha value is -1.28. The van der Waals surface area contributed by atoms with Crippen LogP contribution < -0.4 is 16.4 Å². The van der Waals surface area contributed by atoms with Gasteiger partial charge in [-0.25, -0.2) is 0 Å². The number of carbonyl (C=O) groups is 3. The molecule has 0 bridgehead atoms. The molecule has 0 aliphatic carbocycles. The maximum Gasteiger partial charge on any atom is 0.250 e. The van der Waals surface area contributed by atoms with Crippen molar-refractivity contribution in [2.45, 2.75) is 50.6 Å². The van der Waals surface area contributed by atoms with Crippen molar-refractivity contribution in [3.63, 3.8) is 0 Å². The number of primary amides is 1. The Morgan fingerprint density at radius 2 is 2.13 bits per heavy atom. The molecule has 3 atom stereocenters. The second-order valence-corrected chi connectivity index (χ2v) is 7.68. The lowest BCUT2D eigenvalue weighted by Crippen LogP contribution is -2.55. The van der Waals surface area contributed by atoms with Crippen molar-refractivity contribution in [3.05, 3.63) is 0 Å². The standard InChI is InChI=1S/C15H26N4O3S/c1-9(2)8-11(18-13(21)10-4-3-5-17-10)14(22)19-6-7-23-15(19)12(16)20/h9-11,15,17H,3-8H2,1-2H3,(H2,16,20)(H,18,21)/t10-,11-,15-/m0/s1. The van der Waals surface area contributed by atoms with Gasteiger partial charge in [0.1, 0.15) is 6.04 Å². The van der Waals surface area contributed by atoms with Gasteiger partial charge in [0.05, 0.1) is 6.04 Å². The van der Waals surface area contributed by atoms with E-state index in [1.165, 1.54) is 16.7 Å². The molecule has 3 amide bonds. The summed E-state index contributed by atoms with van der Waals surface area (Å²) < 4.78 is 0. The maximum atomic E-state index is 12.8. The van der Waals surface area contributed by atoms with Crippen molar-refractivity contribution >= 4 is 29.5 Å². The van der Waals surface area contributed by atoms with Gasteiger partial charge in [-0.15, -0.1) is 11.8 Å². The van der Waals surface area contributed by atoms with E-state index in [0.717, 1.165) is 19.4 Å². The summed E-state index contributed by atoms with van der Waals surface area (Å²) in [4.78, 5) is 38.2. The first-order chi connectivity index (χ1) is 10.9. The number of hydrogen-bond donors (Lipinski definition) is 3. The Morgan fingerprint density at radius 1 is 1.39 bits per heavy atom. The van der Waals surface area contributed by atoms with E-state index in [2.05, 4.69) is 10.6 Å². The van der Waals surface area contributed by atoms with Crippen LogP contribution in [0.1, 0.15) is 33.1 Å². The zero-order chi connectivity index (χ0) is 17.0. The number of thioether (sulfide) groups is 1. The second-order valence-electron chi connectivity index (χ2n) is 6.50. The molecule has 7 nitrogen and oxygen atoms in total. The molecule has 4 N–H and O–H groups in total. The molecule has 0 aromatic rings. The number of amides is 3.